The lowest BCUT2D eigenvalue weighted by Crippen LogP contribution is -2.27. The Kier molecular flexibility index (Phi) is 3.55. The molecule has 1 aromatic carbocycles. The van der Waals surface area contributed by atoms with E-state index < -0.39 is 0 Å². The molecule has 16 heavy (non-hydrogen) atoms. The van der Waals surface area contributed by atoms with Gasteiger partial charge in [-0.15, -0.1) is 0 Å². The van der Waals surface area contributed by atoms with E-state index >= 15 is 0 Å². The average molecular weight is 284 g/mol. The van der Waals surface area contributed by atoms with Crippen LogP contribution in [0.3, 0.4) is 0 Å². The monoisotopic (exact) mass is 283 g/mol. The van der Waals surface area contributed by atoms with Crippen molar-refractivity contribution < 1.29 is 5.11 Å². The van der Waals surface area contributed by atoms with Gasteiger partial charge in [0.05, 0.1) is 4.47 Å². The molecule has 0 spiro atoms. The fourth-order valence-electron chi connectivity index (χ4n) is 2.41. The summed E-state index contributed by atoms with van der Waals surface area (Å²) in [5, 5.41) is 13.7. The molecule has 0 amide bonds. The molecule has 0 saturated carbocycles. The van der Waals surface area contributed by atoms with Crippen LogP contribution in [0.2, 0.25) is 0 Å². The number of aromatic hydroxyl groups is 1. The van der Waals surface area contributed by atoms with Crippen LogP contribution in [0, 0.1) is 13.8 Å². The second kappa shape index (κ2) is 4.76. The molecule has 1 aliphatic heterocycles. The van der Waals surface area contributed by atoms with Gasteiger partial charge < -0.3 is 10.4 Å². The maximum Gasteiger partial charge on any atom is 0.134 e. The zero-order chi connectivity index (χ0) is 11.7. The van der Waals surface area contributed by atoms with E-state index in [1.807, 2.05) is 6.07 Å². The first-order valence-electron chi connectivity index (χ1n) is 5.83. The summed E-state index contributed by atoms with van der Waals surface area (Å²) in [6, 6.07) is 2.29. The van der Waals surface area contributed by atoms with Gasteiger partial charge in [-0.25, -0.2) is 0 Å². The van der Waals surface area contributed by atoms with Crippen LogP contribution < -0.4 is 5.32 Å². The molecule has 2 nitrogen and oxygen atoms in total. The third-order valence-corrected chi connectivity index (χ3v) is 4.08. The third kappa shape index (κ3) is 2.11. The predicted molar refractivity (Wildman–Crippen MR) is 69.9 cm³/mol. The summed E-state index contributed by atoms with van der Waals surface area (Å²) >= 11 is 3.42. The molecule has 0 aromatic heterocycles. The van der Waals surface area contributed by atoms with Crippen LogP contribution >= 0.6 is 15.9 Å². The lowest BCUT2D eigenvalue weighted by Gasteiger charge is -2.27. The standard InChI is InChI=1S/C13H18BrNO/c1-8-7-10(14)13(16)12(9(8)2)11-5-3-4-6-15-11/h7,11,15-16H,3-6H2,1-2H3. The first-order valence-corrected chi connectivity index (χ1v) is 6.62. The van der Waals surface area contributed by atoms with Crippen LogP contribution in [0.4, 0.5) is 0 Å². The number of piperidine rings is 1. The van der Waals surface area contributed by atoms with Crippen molar-refractivity contribution in [3.05, 3.63) is 27.2 Å². The fraction of sp³-hybridized carbons (Fsp3) is 0.538. The number of aryl methyl sites for hydroxylation is 1. The van der Waals surface area contributed by atoms with Crippen LogP contribution in [0.5, 0.6) is 5.75 Å². The van der Waals surface area contributed by atoms with Crippen molar-refractivity contribution in [3.8, 4) is 5.75 Å². The van der Waals surface area contributed by atoms with Crippen molar-refractivity contribution in [1.29, 1.82) is 0 Å². The summed E-state index contributed by atoms with van der Waals surface area (Å²) in [6.45, 7) is 5.23. The number of halogens is 1. The Balaban J connectivity index is 2.45. The number of hydrogen-bond donors (Lipinski definition) is 2. The van der Waals surface area contributed by atoms with E-state index in [2.05, 4.69) is 35.1 Å². The summed E-state index contributed by atoms with van der Waals surface area (Å²) in [5.74, 6) is 0.405. The zero-order valence-corrected chi connectivity index (χ0v) is 11.4. The van der Waals surface area contributed by atoms with Gasteiger partial charge in [0.15, 0.2) is 0 Å². The Morgan fingerprint density at radius 3 is 2.75 bits per heavy atom. The minimum atomic E-state index is 0.310. The Morgan fingerprint density at radius 2 is 2.12 bits per heavy atom. The first kappa shape index (κ1) is 11.9. The number of nitrogens with one attached hydrogen (secondary N) is 1. The maximum absolute atomic E-state index is 10.2. The Labute approximate surface area is 105 Å². The zero-order valence-electron chi connectivity index (χ0n) is 9.81. The van der Waals surface area contributed by atoms with Gasteiger partial charge >= 0.3 is 0 Å². The van der Waals surface area contributed by atoms with Crippen LogP contribution in [0.15, 0.2) is 10.5 Å². The lowest BCUT2D eigenvalue weighted by molar-refractivity contribution is 0.388. The number of hydrogen-bond acceptors (Lipinski definition) is 2. The second-order valence-corrected chi connectivity index (χ2v) is 5.42. The normalized spacial score (nSPS) is 21.1. The number of rotatable bonds is 1. The third-order valence-electron chi connectivity index (χ3n) is 3.48. The number of benzene rings is 1. The second-order valence-electron chi connectivity index (χ2n) is 4.57. The topological polar surface area (TPSA) is 32.3 Å². The fourth-order valence-corrected chi connectivity index (χ4v) is 2.97. The van der Waals surface area contributed by atoms with Crippen LogP contribution in [-0.4, -0.2) is 11.7 Å². The molecule has 1 fully saturated rings. The summed E-state index contributed by atoms with van der Waals surface area (Å²) in [7, 11) is 0. The van der Waals surface area contributed by atoms with Gasteiger partial charge in [0.1, 0.15) is 5.75 Å². The molecule has 0 aliphatic carbocycles. The van der Waals surface area contributed by atoms with Gasteiger partial charge in [-0.05, 0) is 66.4 Å². The highest BCUT2D eigenvalue weighted by molar-refractivity contribution is 9.10. The van der Waals surface area contributed by atoms with Crippen molar-refractivity contribution >= 4 is 15.9 Å². The number of phenols is 1. The molecule has 0 bridgehead atoms. The summed E-state index contributed by atoms with van der Waals surface area (Å²) < 4.78 is 0.804. The van der Waals surface area contributed by atoms with E-state index in [1.54, 1.807) is 0 Å². The van der Waals surface area contributed by atoms with Gasteiger partial charge in [0.2, 0.25) is 0 Å². The Bertz CT molecular complexity index is 371. The van der Waals surface area contributed by atoms with Crippen molar-refractivity contribution in [3.63, 3.8) is 0 Å². The minimum absolute atomic E-state index is 0.310. The van der Waals surface area contributed by atoms with Crippen molar-refractivity contribution in [1.82, 2.24) is 5.32 Å². The smallest absolute Gasteiger partial charge is 0.134 e. The molecular weight excluding hydrogens is 266 g/mol. The van der Waals surface area contributed by atoms with Crippen LogP contribution in [-0.2, 0) is 0 Å². The Hall–Kier alpha value is -0.540. The molecule has 1 heterocycles. The van der Waals surface area contributed by atoms with E-state index in [0.29, 0.717) is 11.8 Å². The summed E-state index contributed by atoms with van der Waals surface area (Å²) in [6.07, 6.45) is 3.59. The average Bonchev–Trinajstić information content (AvgIpc) is 2.28. The molecular formula is C13H18BrNO. The molecule has 1 saturated heterocycles. The van der Waals surface area contributed by atoms with Crippen LogP contribution in [0.25, 0.3) is 0 Å². The highest BCUT2D eigenvalue weighted by Gasteiger charge is 2.22. The quantitative estimate of drug-likeness (QED) is 0.826. The lowest BCUT2D eigenvalue weighted by atomic mass is 9.91. The molecule has 88 valence electrons. The van der Waals surface area contributed by atoms with Crippen molar-refractivity contribution in [2.45, 2.75) is 39.2 Å². The van der Waals surface area contributed by atoms with E-state index in [4.69, 9.17) is 0 Å². The highest BCUT2D eigenvalue weighted by atomic mass is 79.9. The van der Waals surface area contributed by atoms with Gasteiger partial charge in [-0.3, -0.25) is 0 Å². The van der Waals surface area contributed by atoms with Gasteiger partial charge in [0.25, 0.3) is 0 Å². The maximum atomic E-state index is 10.2. The molecule has 2 N–H and O–H groups in total. The highest BCUT2D eigenvalue weighted by Crippen LogP contribution is 2.38. The molecule has 3 heteroatoms. The molecule has 2 rings (SSSR count). The predicted octanol–water partition coefficient (Wildman–Crippen LogP) is 3.59. The van der Waals surface area contributed by atoms with E-state index in [0.717, 1.165) is 23.0 Å². The molecule has 0 radical (unpaired) electrons. The van der Waals surface area contributed by atoms with Gasteiger partial charge in [-0.1, -0.05) is 6.42 Å². The minimum Gasteiger partial charge on any atom is -0.506 e. The largest absolute Gasteiger partial charge is 0.506 e. The van der Waals surface area contributed by atoms with E-state index in [9.17, 15) is 5.11 Å². The molecule has 1 unspecified atom stereocenters. The summed E-state index contributed by atoms with van der Waals surface area (Å²) in [5.41, 5.74) is 3.51. The van der Waals surface area contributed by atoms with Crippen molar-refractivity contribution in [2.24, 2.45) is 0 Å². The molecule has 1 atom stereocenters. The number of phenolic OH excluding ortho intramolecular Hbond substituents is 1. The molecule has 1 aromatic rings. The SMILES string of the molecule is Cc1cc(Br)c(O)c(C2CCCCN2)c1C. The van der Waals surface area contributed by atoms with Crippen molar-refractivity contribution in [2.75, 3.05) is 6.54 Å². The van der Waals surface area contributed by atoms with Crippen LogP contribution in [0.1, 0.15) is 42.0 Å². The van der Waals surface area contributed by atoms with Gasteiger partial charge in [-0.2, -0.15) is 0 Å². The first-order chi connectivity index (χ1) is 7.61. The van der Waals surface area contributed by atoms with E-state index in [-0.39, 0.29) is 0 Å². The molecule has 1 aliphatic rings. The van der Waals surface area contributed by atoms with Gasteiger partial charge in [0, 0.05) is 11.6 Å². The summed E-state index contributed by atoms with van der Waals surface area (Å²) in [4.78, 5) is 0. The van der Waals surface area contributed by atoms with E-state index in [1.165, 1.54) is 24.0 Å². The Morgan fingerprint density at radius 1 is 1.38 bits per heavy atom.